The fourth-order valence-electron chi connectivity index (χ4n) is 2.37. The minimum Gasteiger partial charge on any atom is -0.493 e. The first-order chi connectivity index (χ1) is 12.6. The lowest BCUT2D eigenvalue weighted by Crippen LogP contribution is -2.12. The maximum Gasteiger partial charge on any atom is 0.161 e. The molecule has 0 N–H and O–H groups in total. The van der Waals surface area contributed by atoms with E-state index in [1.54, 1.807) is 7.11 Å². The largest absolute Gasteiger partial charge is 0.493 e. The molecule has 0 saturated carbocycles. The Morgan fingerprint density at radius 3 is 2.27 bits per heavy atom. The molecule has 0 radical (unpaired) electrons. The van der Waals surface area contributed by atoms with Crippen molar-refractivity contribution in [2.75, 3.05) is 33.5 Å². The summed E-state index contributed by atoms with van der Waals surface area (Å²) in [7, 11) is 1.64. The van der Waals surface area contributed by atoms with E-state index in [0.29, 0.717) is 26.4 Å². The predicted molar refractivity (Wildman–Crippen MR) is 113 cm³/mol. The van der Waals surface area contributed by atoms with Gasteiger partial charge in [-0.05, 0) is 71.3 Å². The molecular formula is C21H25IO4. The van der Waals surface area contributed by atoms with Crippen LogP contribution >= 0.6 is 22.6 Å². The summed E-state index contributed by atoms with van der Waals surface area (Å²) in [4.78, 5) is 0. The molecule has 0 heterocycles. The second kappa shape index (κ2) is 11.1. The van der Waals surface area contributed by atoms with Crippen molar-refractivity contribution in [3.05, 3.63) is 63.8 Å². The SMILES string of the molecule is C=CCc1ccc(OCCOCCOc2ccc(C)cc2I)c(OC)c1. The van der Waals surface area contributed by atoms with E-state index in [9.17, 15) is 0 Å². The van der Waals surface area contributed by atoms with E-state index in [1.807, 2.05) is 36.4 Å². The molecule has 2 aromatic rings. The molecule has 0 fully saturated rings. The summed E-state index contributed by atoms with van der Waals surface area (Å²) in [5, 5.41) is 0. The summed E-state index contributed by atoms with van der Waals surface area (Å²) >= 11 is 2.28. The van der Waals surface area contributed by atoms with Crippen molar-refractivity contribution in [3.63, 3.8) is 0 Å². The van der Waals surface area contributed by atoms with Crippen molar-refractivity contribution in [3.8, 4) is 17.2 Å². The van der Waals surface area contributed by atoms with Gasteiger partial charge in [-0.15, -0.1) is 6.58 Å². The first-order valence-corrected chi connectivity index (χ1v) is 9.59. The molecule has 0 atom stereocenters. The highest BCUT2D eigenvalue weighted by molar-refractivity contribution is 14.1. The Morgan fingerprint density at radius 2 is 1.62 bits per heavy atom. The number of aryl methyl sites for hydroxylation is 1. The Kier molecular flexibility index (Phi) is 8.77. The topological polar surface area (TPSA) is 36.9 Å². The van der Waals surface area contributed by atoms with Gasteiger partial charge in [-0.25, -0.2) is 0 Å². The number of rotatable bonds is 11. The van der Waals surface area contributed by atoms with Gasteiger partial charge in [0.25, 0.3) is 0 Å². The van der Waals surface area contributed by atoms with Gasteiger partial charge in [-0.2, -0.15) is 0 Å². The molecule has 0 spiro atoms. The van der Waals surface area contributed by atoms with Crippen LogP contribution in [0.3, 0.4) is 0 Å². The number of hydrogen-bond acceptors (Lipinski definition) is 4. The molecule has 26 heavy (non-hydrogen) atoms. The molecule has 5 heteroatoms. The predicted octanol–water partition coefficient (Wildman–Crippen LogP) is 4.81. The smallest absolute Gasteiger partial charge is 0.161 e. The Labute approximate surface area is 169 Å². The zero-order valence-electron chi connectivity index (χ0n) is 15.3. The first kappa shape index (κ1) is 20.6. The van der Waals surface area contributed by atoms with E-state index in [0.717, 1.165) is 32.8 Å². The fraction of sp³-hybridized carbons (Fsp3) is 0.333. The van der Waals surface area contributed by atoms with Crippen LogP contribution in [0.5, 0.6) is 17.2 Å². The lowest BCUT2D eigenvalue weighted by molar-refractivity contribution is 0.0755. The van der Waals surface area contributed by atoms with Crippen LogP contribution in [0, 0.1) is 10.5 Å². The van der Waals surface area contributed by atoms with Crippen molar-refractivity contribution < 1.29 is 18.9 Å². The van der Waals surface area contributed by atoms with Gasteiger partial charge in [0, 0.05) is 0 Å². The highest BCUT2D eigenvalue weighted by atomic mass is 127. The quantitative estimate of drug-likeness (QED) is 0.270. The number of halogens is 1. The van der Waals surface area contributed by atoms with Gasteiger partial charge in [0.05, 0.1) is 23.9 Å². The van der Waals surface area contributed by atoms with Gasteiger partial charge in [0.2, 0.25) is 0 Å². The van der Waals surface area contributed by atoms with E-state index >= 15 is 0 Å². The molecule has 4 nitrogen and oxygen atoms in total. The maximum absolute atomic E-state index is 5.74. The van der Waals surface area contributed by atoms with Gasteiger partial charge in [-0.1, -0.05) is 18.2 Å². The molecule has 2 rings (SSSR count). The highest BCUT2D eigenvalue weighted by Crippen LogP contribution is 2.28. The standard InChI is InChI=1S/C21H25IO4/c1-4-5-17-7-9-20(21(15-17)23-3)26-13-11-24-10-12-25-19-8-6-16(2)14-18(19)22/h4,6-9,14-15H,1,5,10-13H2,2-3H3. The minimum atomic E-state index is 0.458. The number of ether oxygens (including phenoxy) is 4. The zero-order valence-corrected chi connectivity index (χ0v) is 17.5. The Bertz CT molecular complexity index is 715. The fourth-order valence-corrected chi connectivity index (χ4v) is 3.20. The van der Waals surface area contributed by atoms with E-state index in [1.165, 1.54) is 5.56 Å². The first-order valence-electron chi connectivity index (χ1n) is 8.51. The third kappa shape index (κ3) is 6.53. The van der Waals surface area contributed by atoms with Crippen LogP contribution < -0.4 is 14.2 Å². The number of hydrogen-bond donors (Lipinski definition) is 0. The molecule has 0 aromatic heterocycles. The number of benzene rings is 2. The Morgan fingerprint density at radius 1 is 0.923 bits per heavy atom. The normalized spacial score (nSPS) is 10.4. The average Bonchev–Trinajstić information content (AvgIpc) is 2.63. The minimum absolute atomic E-state index is 0.458. The van der Waals surface area contributed by atoms with Crippen LogP contribution in [0.1, 0.15) is 11.1 Å². The van der Waals surface area contributed by atoms with Crippen molar-refractivity contribution in [1.82, 2.24) is 0 Å². The van der Waals surface area contributed by atoms with Crippen molar-refractivity contribution in [1.29, 1.82) is 0 Å². The van der Waals surface area contributed by atoms with Crippen molar-refractivity contribution in [2.24, 2.45) is 0 Å². The third-order valence-corrected chi connectivity index (χ3v) is 4.51. The molecule has 0 bridgehead atoms. The van der Waals surface area contributed by atoms with Crippen LogP contribution in [0.2, 0.25) is 0 Å². The van der Waals surface area contributed by atoms with Crippen LogP contribution in [-0.2, 0) is 11.2 Å². The Hall–Kier alpha value is -1.73. The van der Waals surface area contributed by atoms with Gasteiger partial charge < -0.3 is 18.9 Å². The van der Waals surface area contributed by atoms with Crippen molar-refractivity contribution >= 4 is 22.6 Å². The molecule has 140 valence electrons. The summed E-state index contributed by atoms with van der Waals surface area (Å²) in [5.41, 5.74) is 2.37. The van der Waals surface area contributed by atoms with Gasteiger partial charge in [-0.3, -0.25) is 0 Å². The molecule has 0 aliphatic carbocycles. The van der Waals surface area contributed by atoms with Crippen LogP contribution in [0.4, 0.5) is 0 Å². The van der Waals surface area contributed by atoms with Crippen LogP contribution in [0.25, 0.3) is 0 Å². The van der Waals surface area contributed by atoms with E-state index in [-0.39, 0.29) is 0 Å². The van der Waals surface area contributed by atoms with Gasteiger partial charge >= 0.3 is 0 Å². The third-order valence-electron chi connectivity index (χ3n) is 3.67. The van der Waals surface area contributed by atoms with Crippen molar-refractivity contribution in [2.45, 2.75) is 13.3 Å². The second-order valence-electron chi connectivity index (χ2n) is 5.72. The van der Waals surface area contributed by atoms with Gasteiger partial charge in [0.1, 0.15) is 19.0 Å². The summed E-state index contributed by atoms with van der Waals surface area (Å²) in [5.74, 6) is 2.33. The van der Waals surface area contributed by atoms with E-state index in [4.69, 9.17) is 18.9 Å². The summed E-state index contributed by atoms with van der Waals surface area (Å²) in [6.45, 7) is 7.79. The lowest BCUT2D eigenvalue weighted by atomic mass is 10.1. The lowest BCUT2D eigenvalue weighted by Gasteiger charge is -2.12. The Balaban J connectivity index is 1.66. The number of methoxy groups -OCH3 is 1. The second-order valence-corrected chi connectivity index (χ2v) is 6.88. The number of allylic oxidation sites excluding steroid dienone is 1. The monoisotopic (exact) mass is 468 g/mol. The summed E-state index contributed by atoms with van der Waals surface area (Å²) in [6.07, 6.45) is 2.67. The van der Waals surface area contributed by atoms with Crippen LogP contribution in [0.15, 0.2) is 49.1 Å². The van der Waals surface area contributed by atoms with E-state index < -0.39 is 0 Å². The molecular weight excluding hydrogens is 443 g/mol. The summed E-state index contributed by atoms with van der Waals surface area (Å²) < 4.78 is 23.5. The molecule has 0 aliphatic rings. The van der Waals surface area contributed by atoms with E-state index in [2.05, 4.69) is 42.2 Å². The average molecular weight is 468 g/mol. The summed E-state index contributed by atoms with van der Waals surface area (Å²) in [6, 6.07) is 12.0. The molecule has 0 aliphatic heterocycles. The maximum atomic E-state index is 5.74. The van der Waals surface area contributed by atoms with Crippen LogP contribution in [-0.4, -0.2) is 33.5 Å². The molecule has 0 amide bonds. The van der Waals surface area contributed by atoms with Gasteiger partial charge in [0.15, 0.2) is 11.5 Å². The molecule has 0 saturated heterocycles. The zero-order chi connectivity index (χ0) is 18.8. The molecule has 0 unspecified atom stereocenters. The molecule has 2 aromatic carbocycles. The highest BCUT2D eigenvalue weighted by Gasteiger charge is 2.05.